The number of aromatic carboxylic acids is 1. The number of carboxylic acid groups (broad SMARTS) is 1. The summed E-state index contributed by atoms with van der Waals surface area (Å²) in [6.45, 7) is 1.84. The molecule has 0 spiro atoms. The molecule has 7 heteroatoms. The summed E-state index contributed by atoms with van der Waals surface area (Å²) in [5.74, 6) is -0.689. The number of benzene rings is 1. The summed E-state index contributed by atoms with van der Waals surface area (Å²) in [7, 11) is 0. The van der Waals surface area contributed by atoms with Gasteiger partial charge in [0.2, 0.25) is 0 Å². The molecule has 0 atom stereocenters. The lowest BCUT2D eigenvalue weighted by molar-refractivity contribution is -0.384. The molecule has 0 fully saturated rings. The van der Waals surface area contributed by atoms with Crippen molar-refractivity contribution in [3.63, 3.8) is 0 Å². The fourth-order valence-corrected chi connectivity index (χ4v) is 1.73. The highest BCUT2D eigenvalue weighted by atomic mass is 16.6. The normalized spacial score (nSPS) is 10.2. The topological polar surface area (TPSA) is 106 Å². The van der Waals surface area contributed by atoms with Crippen LogP contribution in [0.25, 0.3) is 11.3 Å². The van der Waals surface area contributed by atoms with Crippen molar-refractivity contribution < 1.29 is 14.8 Å². The van der Waals surface area contributed by atoms with Gasteiger partial charge in [-0.3, -0.25) is 10.1 Å². The molecule has 0 aliphatic rings. The van der Waals surface area contributed by atoms with E-state index in [2.05, 4.69) is 9.97 Å². The Morgan fingerprint density at radius 2 is 2.20 bits per heavy atom. The molecule has 0 saturated heterocycles. The highest BCUT2D eigenvalue weighted by Gasteiger charge is 2.17. The summed E-state index contributed by atoms with van der Waals surface area (Å²) in [6.07, 6.45) is 1.77. The quantitative estimate of drug-likeness (QED) is 0.676. The average Bonchev–Trinajstić information content (AvgIpc) is 2.46. The van der Waals surface area contributed by atoms with Crippen LogP contribution in [0.3, 0.4) is 0 Å². The van der Waals surface area contributed by atoms with Crippen LogP contribution < -0.4 is 0 Å². The molecule has 0 aliphatic carbocycles. The van der Waals surface area contributed by atoms with Gasteiger partial charge in [0.25, 0.3) is 5.69 Å². The van der Waals surface area contributed by atoms with Crippen LogP contribution in [0.5, 0.6) is 0 Å². The molecule has 20 heavy (non-hydrogen) atoms. The zero-order valence-electron chi connectivity index (χ0n) is 10.6. The predicted molar refractivity (Wildman–Crippen MR) is 70.5 cm³/mol. The first-order chi connectivity index (χ1) is 9.52. The minimum Gasteiger partial charge on any atom is -0.478 e. The molecule has 0 unspecified atom stereocenters. The number of nitrogens with zero attached hydrogens (tertiary/aromatic N) is 3. The number of hydrogen-bond donors (Lipinski definition) is 1. The van der Waals surface area contributed by atoms with Crippen molar-refractivity contribution in [1.29, 1.82) is 0 Å². The van der Waals surface area contributed by atoms with Gasteiger partial charge in [-0.25, -0.2) is 14.8 Å². The molecule has 0 amide bonds. The van der Waals surface area contributed by atoms with E-state index in [9.17, 15) is 14.9 Å². The summed E-state index contributed by atoms with van der Waals surface area (Å²) >= 11 is 0. The maximum absolute atomic E-state index is 11.2. The summed E-state index contributed by atoms with van der Waals surface area (Å²) in [4.78, 5) is 29.6. The summed E-state index contributed by atoms with van der Waals surface area (Å²) in [6, 6.07) is 5.72. The van der Waals surface area contributed by atoms with E-state index in [0.29, 0.717) is 17.8 Å². The zero-order valence-corrected chi connectivity index (χ0v) is 10.6. The maximum atomic E-state index is 11.2. The molecule has 2 aromatic rings. The Balaban J connectivity index is 2.63. The van der Waals surface area contributed by atoms with Crippen LogP contribution in [0.1, 0.15) is 23.1 Å². The van der Waals surface area contributed by atoms with Gasteiger partial charge < -0.3 is 5.11 Å². The fraction of sp³-hybridized carbons (Fsp3) is 0.154. The van der Waals surface area contributed by atoms with Crippen molar-refractivity contribution in [3.05, 3.63) is 52.0 Å². The number of carbonyl (C=O) groups is 1. The molecule has 0 aliphatic heterocycles. The molecule has 1 N–H and O–H groups in total. The number of nitro groups is 1. The monoisotopic (exact) mass is 273 g/mol. The van der Waals surface area contributed by atoms with Crippen molar-refractivity contribution in [2.24, 2.45) is 0 Å². The summed E-state index contributed by atoms with van der Waals surface area (Å²) in [5.41, 5.74) is 0.375. The van der Waals surface area contributed by atoms with Crippen molar-refractivity contribution in [3.8, 4) is 11.3 Å². The van der Waals surface area contributed by atoms with E-state index in [-0.39, 0.29) is 16.9 Å². The molecule has 0 bridgehead atoms. The van der Waals surface area contributed by atoms with Crippen molar-refractivity contribution in [1.82, 2.24) is 9.97 Å². The van der Waals surface area contributed by atoms with E-state index in [4.69, 9.17) is 5.11 Å². The molecule has 1 aromatic carbocycles. The zero-order chi connectivity index (χ0) is 14.7. The van der Waals surface area contributed by atoms with E-state index >= 15 is 0 Å². The lowest BCUT2D eigenvalue weighted by atomic mass is 10.1. The Labute approximate surface area is 114 Å². The second-order valence-corrected chi connectivity index (χ2v) is 4.01. The van der Waals surface area contributed by atoms with E-state index in [1.807, 2.05) is 6.92 Å². The molecule has 1 aromatic heterocycles. The Hall–Kier alpha value is -2.83. The third-order valence-electron chi connectivity index (χ3n) is 2.72. The average molecular weight is 273 g/mol. The molecular formula is C13H11N3O4. The van der Waals surface area contributed by atoms with Crippen LogP contribution in [0.2, 0.25) is 0 Å². The van der Waals surface area contributed by atoms with Crippen molar-refractivity contribution in [2.45, 2.75) is 13.3 Å². The second-order valence-electron chi connectivity index (χ2n) is 4.01. The van der Waals surface area contributed by atoms with Crippen molar-refractivity contribution in [2.75, 3.05) is 0 Å². The molecule has 2 rings (SSSR count). The largest absolute Gasteiger partial charge is 0.478 e. The second kappa shape index (κ2) is 5.43. The first-order valence-corrected chi connectivity index (χ1v) is 5.87. The Morgan fingerprint density at radius 3 is 2.80 bits per heavy atom. The Morgan fingerprint density at radius 1 is 1.45 bits per heavy atom. The SMILES string of the molecule is CCc1ncc(C(=O)O)c(-c2cccc([N+](=O)[O-])c2)n1. The van der Waals surface area contributed by atoms with E-state index < -0.39 is 10.9 Å². The van der Waals surface area contributed by atoms with Crippen LogP contribution in [0.15, 0.2) is 30.5 Å². The van der Waals surface area contributed by atoms with Gasteiger partial charge in [-0.1, -0.05) is 19.1 Å². The Bertz CT molecular complexity index is 685. The maximum Gasteiger partial charge on any atom is 0.339 e. The smallest absolute Gasteiger partial charge is 0.339 e. The van der Waals surface area contributed by atoms with Crippen LogP contribution in [-0.4, -0.2) is 26.0 Å². The number of non-ortho nitro benzene ring substituents is 1. The van der Waals surface area contributed by atoms with Gasteiger partial charge >= 0.3 is 5.97 Å². The van der Waals surface area contributed by atoms with Gasteiger partial charge in [-0.2, -0.15) is 0 Å². The van der Waals surface area contributed by atoms with Crippen molar-refractivity contribution >= 4 is 11.7 Å². The van der Waals surface area contributed by atoms with E-state index in [1.54, 1.807) is 6.07 Å². The summed E-state index contributed by atoms with van der Waals surface area (Å²) in [5, 5.41) is 19.9. The minimum absolute atomic E-state index is 0.0808. The third-order valence-corrected chi connectivity index (χ3v) is 2.72. The van der Waals surface area contributed by atoms with Crippen LogP contribution in [0.4, 0.5) is 5.69 Å². The number of aryl methyl sites for hydroxylation is 1. The van der Waals surface area contributed by atoms with Crippen LogP contribution >= 0.6 is 0 Å². The molecule has 0 saturated carbocycles. The lowest BCUT2D eigenvalue weighted by Gasteiger charge is -2.06. The van der Waals surface area contributed by atoms with Gasteiger partial charge in [0, 0.05) is 30.3 Å². The Kier molecular flexibility index (Phi) is 3.69. The number of carboxylic acids is 1. The fourth-order valence-electron chi connectivity index (χ4n) is 1.73. The molecule has 1 heterocycles. The van der Waals surface area contributed by atoms with Gasteiger partial charge in [-0.15, -0.1) is 0 Å². The molecule has 7 nitrogen and oxygen atoms in total. The van der Waals surface area contributed by atoms with Crippen LogP contribution in [-0.2, 0) is 6.42 Å². The molecule has 0 radical (unpaired) electrons. The summed E-state index contributed by atoms with van der Waals surface area (Å²) < 4.78 is 0. The van der Waals surface area contributed by atoms with E-state index in [0.717, 1.165) is 0 Å². The number of nitro benzene ring substituents is 1. The molecular weight excluding hydrogens is 262 g/mol. The van der Waals surface area contributed by atoms with Crippen LogP contribution in [0, 0.1) is 10.1 Å². The highest BCUT2D eigenvalue weighted by molar-refractivity contribution is 5.94. The number of rotatable bonds is 4. The predicted octanol–water partition coefficient (Wildman–Crippen LogP) is 2.31. The van der Waals surface area contributed by atoms with E-state index in [1.165, 1.54) is 24.4 Å². The van der Waals surface area contributed by atoms with Gasteiger partial charge in [0.05, 0.1) is 10.6 Å². The van der Waals surface area contributed by atoms with Gasteiger partial charge in [0.1, 0.15) is 11.4 Å². The molecule has 102 valence electrons. The third kappa shape index (κ3) is 2.61. The lowest BCUT2D eigenvalue weighted by Crippen LogP contribution is -2.06. The van der Waals surface area contributed by atoms with Gasteiger partial charge in [-0.05, 0) is 0 Å². The van der Waals surface area contributed by atoms with Gasteiger partial charge in [0.15, 0.2) is 0 Å². The number of hydrogen-bond acceptors (Lipinski definition) is 5. The first-order valence-electron chi connectivity index (χ1n) is 5.87. The minimum atomic E-state index is -1.17. The first kappa shape index (κ1) is 13.6. The standard InChI is InChI=1S/C13H11N3O4/c1-2-11-14-7-10(13(17)18)12(15-11)8-4-3-5-9(6-8)16(19)20/h3-7H,2H2,1H3,(H,17,18). The number of aromatic nitrogens is 2. The highest BCUT2D eigenvalue weighted by Crippen LogP contribution is 2.25.